The SMILES string of the molecule is C[C@H]1CN(C)Cc2ccc(C(=O)O)cc2O1. The lowest BCUT2D eigenvalue weighted by atomic mass is 10.1. The van der Waals surface area contributed by atoms with Crippen molar-refractivity contribution in [2.24, 2.45) is 0 Å². The Balaban J connectivity index is 2.38. The fraction of sp³-hybridized carbons (Fsp3) is 0.417. The summed E-state index contributed by atoms with van der Waals surface area (Å²) in [5.74, 6) is -0.228. The molecule has 1 aromatic carbocycles. The highest BCUT2D eigenvalue weighted by molar-refractivity contribution is 5.88. The highest BCUT2D eigenvalue weighted by Crippen LogP contribution is 2.25. The summed E-state index contributed by atoms with van der Waals surface area (Å²) in [6, 6.07) is 5.05. The topological polar surface area (TPSA) is 49.8 Å². The van der Waals surface area contributed by atoms with Crippen molar-refractivity contribution in [3.05, 3.63) is 29.3 Å². The van der Waals surface area contributed by atoms with Crippen molar-refractivity contribution >= 4 is 5.97 Å². The van der Waals surface area contributed by atoms with Gasteiger partial charge in [-0.2, -0.15) is 0 Å². The summed E-state index contributed by atoms with van der Waals surface area (Å²) in [7, 11) is 2.03. The van der Waals surface area contributed by atoms with E-state index < -0.39 is 5.97 Å². The molecular weight excluding hydrogens is 206 g/mol. The maximum atomic E-state index is 10.9. The van der Waals surface area contributed by atoms with Gasteiger partial charge in [0.15, 0.2) is 0 Å². The average molecular weight is 221 g/mol. The van der Waals surface area contributed by atoms with Gasteiger partial charge in [0.1, 0.15) is 11.9 Å². The maximum absolute atomic E-state index is 10.9. The molecule has 1 aliphatic rings. The number of rotatable bonds is 1. The second-order valence-electron chi connectivity index (χ2n) is 4.25. The molecule has 4 nitrogen and oxygen atoms in total. The monoisotopic (exact) mass is 221 g/mol. The molecule has 0 aliphatic carbocycles. The summed E-state index contributed by atoms with van der Waals surface area (Å²) < 4.78 is 5.71. The number of hydrogen-bond acceptors (Lipinski definition) is 3. The minimum absolute atomic E-state index is 0.0790. The zero-order valence-corrected chi connectivity index (χ0v) is 9.43. The Kier molecular flexibility index (Phi) is 2.83. The van der Waals surface area contributed by atoms with Gasteiger partial charge in [0.25, 0.3) is 0 Å². The van der Waals surface area contributed by atoms with Crippen LogP contribution in [0.3, 0.4) is 0 Å². The molecule has 1 N–H and O–H groups in total. The summed E-state index contributed by atoms with van der Waals surface area (Å²) in [6.07, 6.45) is 0.0790. The third-order valence-corrected chi connectivity index (χ3v) is 2.65. The van der Waals surface area contributed by atoms with Crippen molar-refractivity contribution in [1.82, 2.24) is 4.90 Å². The largest absolute Gasteiger partial charge is 0.489 e. The zero-order valence-electron chi connectivity index (χ0n) is 9.43. The number of nitrogens with zero attached hydrogens (tertiary/aromatic N) is 1. The van der Waals surface area contributed by atoms with Gasteiger partial charge in [-0.1, -0.05) is 6.07 Å². The van der Waals surface area contributed by atoms with Gasteiger partial charge in [0, 0.05) is 18.7 Å². The molecule has 0 saturated heterocycles. The molecule has 0 amide bonds. The lowest BCUT2D eigenvalue weighted by Crippen LogP contribution is -2.27. The predicted octanol–water partition coefficient (Wildman–Crippen LogP) is 1.60. The molecule has 16 heavy (non-hydrogen) atoms. The Morgan fingerprint density at radius 1 is 1.56 bits per heavy atom. The molecule has 0 radical (unpaired) electrons. The van der Waals surface area contributed by atoms with Gasteiger partial charge in [-0.3, -0.25) is 4.90 Å². The molecule has 0 aromatic heterocycles. The highest BCUT2D eigenvalue weighted by Gasteiger charge is 2.18. The molecule has 1 atom stereocenters. The highest BCUT2D eigenvalue weighted by atomic mass is 16.5. The van der Waals surface area contributed by atoms with E-state index in [-0.39, 0.29) is 11.7 Å². The van der Waals surface area contributed by atoms with E-state index in [9.17, 15) is 4.79 Å². The molecule has 4 heteroatoms. The van der Waals surface area contributed by atoms with Crippen molar-refractivity contribution in [2.75, 3.05) is 13.6 Å². The number of ether oxygens (including phenoxy) is 1. The first-order valence-corrected chi connectivity index (χ1v) is 5.27. The van der Waals surface area contributed by atoms with Crippen molar-refractivity contribution in [1.29, 1.82) is 0 Å². The molecule has 0 saturated carbocycles. The number of carbonyl (C=O) groups is 1. The fourth-order valence-electron chi connectivity index (χ4n) is 1.98. The molecule has 1 aromatic rings. The molecule has 2 rings (SSSR count). The van der Waals surface area contributed by atoms with Gasteiger partial charge in [-0.05, 0) is 26.1 Å². The number of carboxylic acid groups (broad SMARTS) is 1. The molecule has 0 bridgehead atoms. The summed E-state index contributed by atoms with van der Waals surface area (Å²) in [5, 5.41) is 8.91. The first kappa shape index (κ1) is 11.0. The van der Waals surface area contributed by atoms with Crippen LogP contribution in [0.2, 0.25) is 0 Å². The minimum Gasteiger partial charge on any atom is -0.489 e. The normalized spacial score (nSPS) is 20.8. The fourth-order valence-corrected chi connectivity index (χ4v) is 1.98. The first-order valence-electron chi connectivity index (χ1n) is 5.27. The number of likely N-dealkylation sites (N-methyl/N-ethyl adjacent to an activating group) is 1. The Morgan fingerprint density at radius 3 is 3.00 bits per heavy atom. The van der Waals surface area contributed by atoms with Gasteiger partial charge >= 0.3 is 5.97 Å². The quantitative estimate of drug-likeness (QED) is 0.782. The van der Waals surface area contributed by atoms with E-state index in [1.807, 2.05) is 20.0 Å². The van der Waals surface area contributed by atoms with E-state index in [4.69, 9.17) is 9.84 Å². The van der Waals surface area contributed by atoms with Crippen molar-refractivity contribution < 1.29 is 14.6 Å². The van der Waals surface area contributed by atoms with Crippen LogP contribution in [0.15, 0.2) is 18.2 Å². The maximum Gasteiger partial charge on any atom is 0.335 e. The van der Waals surface area contributed by atoms with Crippen LogP contribution in [0.1, 0.15) is 22.8 Å². The third-order valence-electron chi connectivity index (χ3n) is 2.65. The summed E-state index contributed by atoms with van der Waals surface area (Å²) in [6.45, 7) is 3.62. The number of benzene rings is 1. The van der Waals surface area contributed by atoms with Crippen molar-refractivity contribution in [3.63, 3.8) is 0 Å². The molecule has 1 aliphatic heterocycles. The van der Waals surface area contributed by atoms with Crippen LogP contribution in [0, 0.1) is 0 Å². The molecule has 86 valence electrons. The van der Waals surface area contributed by atoms with Crippen LogP contribution in [-0.2, 0) is 6.54 Å². The summed E-state index contributed by atoms with van der Waals surface area (Å²) in [5.41, 5.74) is 1.31. The predicted molar refractivity (Wildman–Crippen MR) is 59.8 cm³/mol. The molecular formula is C12H15NO3. The van der Waals surface area contributed by atoms with E-state index in [2.05, 4.69) is 4.90 Å². The summed E-state index contributed by atoms with van der Waals surface area (Å²) in [4.78, 5) is 13.0. The summed E-state index contributed by atoms with van der Waals surface area (Å²) >= 11 is 0. The smallest absolute Gasteiger partial charge is 0.335 e. The molecule has 0 spiro atoms. The molecule has 0 unspecified atom stereocenters. The lowest BCUT2D eigenvalue weighted by molar-refractivity contribution is 0.0696. The Bertz CT molecular complexity index is 417. The average Bonchev–Trinajstić information content (AvgIpc) is 2.32. The second-order valence-corrected chi connectivity index (χ2v) is 4.25. The minimum atomic E-state index is -0.920. The standard InChI is InChI=1S/C12H15NO3/c1-8-6-13(2)7-10-4-3-9(12(14)15)5-11(10)16-8/h3-5,8H,6-7H2,1-2H3,(H,14,15)/t8-/m0/s1. The third kappa shape index (κ3) is 2.17. The number of hydrogen-bond donors (Lipinski definition) is 1. The van der Waals surface area contributed by atoms with Crippen LogP contribution < -0.4 is 4.74 Å². The van der Waals surface area contributed by atoms with E-state index in [0.29, 0.717) is 5.75 Å². The van der Waals surface area contributed by atoms with E-state index in [1.165, 1.54) is 0 Å². The Morgan fingerprint density at radius 2 is 2.31 bits per heavy atom. The van der Waals surface area contributed by atoms with Crippen molar-refractivity contribution in [3.8, 4) is 5.75 Å². The Hall–Kier alpha value is -1.55. The van der Waals surface area contributed by atoms with Crippen LogP contribution in [0.25, 0.3) is 0 Å². The van der Waals surface area contributed by atoms with Gasteiger partial charge in [-0.15, -0.1) is 0 Å². The van der Waals surface area contributed by atoms with Crippen LogP contribution in [-0.4, -0.2) is 35.7 Å². The van der Waals surface area contributed by atoms with E-state index in [1.54, 1.807) is 12.1 Å². The van der Waals surface area contributed by atoms with Crippen molar-refractivity contribution in [2.45, 2.75) is 19.6 Å². The van der Waals surface area contributed by atoms with Gasteiger partial charge in [0.05, 0.1) is 5.56 Å². The van der Waals surface area contributed by atoms with Gasteiger partial charge in [0.2, 0.25) is 0 Å². The number of fused-ring (bicyclic) bond motifs is 1. The lowest BCUT2D eigenvalue weighted by Gasteiger charge is -2.15. The number of aromatic carboxylic acids is 1. The first-order chi connectivity index (χ1) is 7.56. The van der Waals surface area contributed by atoms with Crippen LogP contribution in [0.5, 0.6) is 5.75 Å². The van der Waals surface area contributed by atoms with Gasteiger partial charge < -0.3 is 9.84 Å². The van der Waals surface area contributed by atoms with E-state index >= 15 is 0 Å². The number of carboxylic acids is 1. The van der Waals surface area contributed by atoms with Crippen LogP contribution in [0.4, 0.5) is 0 Å². The Labute approximate surface area is 94.4 Å². The molecule has 1 heterocycles. The van der Waals surface area contributed by atoms with E-state index in [0.717, 1.165) is 18.7 Å². The zero-order chi connectivity index (χ0) is 11.7. The molecule has 0 fully saturated rings. The second kappa shape index (κ2) is 4.14. The van der Waals surface area contributed by atoms with Gasteiger partial charge in [-0.25, -0.2) is 4.79 Å². The van der Waals surface area contributed by atoms with Crippen LogP contribution >= 0.6 is 0 Å².